The van der Waals surface area contributed by atoms with Crippen LogP contribution in [0, 0.1) is 6.92 Å². The van der Waals surface area contributed by atoms with Gasteiger partial charge in [0.15, 0.2) is 10.8 Å². The molecule has 3 aromatic heterocycles. The minimum absolute atomic E-state index is 0.198. The number of nitrogens with zero attached hydrogens (tertiary/aromatic N) is 4. The fraction of sp³-hybridized carbons (Fsp3) is 0.0769. The highest BCUT2D eigenvalue weighted by Gasteiger charge is 2.12. The summed E-state index contributed by atoms with van der Waals surface area (Å²) in [4.78, 5) is 23.3. The summed E-state index contributed by atoms with van der Waals surface area (Å²) in [6.07, 6.45) is 1.57. The Bertz CT molecular complexity index is 956. The topological polar surface area (TPSA) is 109 Å². The van der Waals surface area contributed by atoms with Crippen LogP contribution in [0.2, 0.25) is 0 Å². The summed E-state index contributed by atoms with van der Waals surface area (Å²) in [6.45, 7) is 2.05. The predicted molar refractivity (Wildman–Crippen MR) is 81.0 cm³/mol. The molecule has 0 aliphatic rings. The standard InChI is InChI=1S/C13H11N7S/c1-6-2-3-7-8(4-6)18-13(17-7)21-11-9-10(16-5-15-9)19-12(14)20-11/h2-5H,1H3,(H,17,18)(H3,14,15,16,19,20). The van der Waals surface area contributed by atoms with Crippen LogP contribution in [0.25, 0.3) is 22.2 Å². The number of aryl methyl sites for hydroxylation is 1. The van der Waals surface area contributed by atoms with Gasteiger partial charge in [0.1, 0.15) is 10.5 Å². The maximum atomic E-state index is 5.71. The van der Waals surface area contributed by atoms with Crippen LogP contribution in [-0.2, 0) is 0 Å². The van der Waals surface area contributed by atoms with E-state index in [0.29, 0.717) is 10.7 Å². The lowest BCUT2D eigenvalue weighted by atomic mass is 10.2. The fourth-order valence-electron chi connectivity index (χ4n) is 2.14. The lowest BCUT2D eigenvalue weighted by Crippen LogP contribution is -1.97. The Morgan fingerprint density at radius 2 is 2.10 bits per heavy atom. The summed E-state index contributed by atoms with van der Waals surface area (Å²) >= 11 is 1.40. The summed E-state index contributed by atoms with van der Waals surface area (Å²) in [7, 11) is 0. The number of nitrogen functional groups attached to an aromatic ring is 1. The molecule has 0 saturated heterocycles. The van der Waals surface area contributed by atoms with Crippen molar-refractivity contribution >= 4 is 39.9 Å². The molecule has 0 bridgehead atoms. The van der Waals surface area contributed by atoms with Gasteiger partial charge < -0.3 is 15.7 Å². The Balaban J connectivity index is 1.80. The Morgan fingerprint density at radius 3 is 3.00 bits per heavy atom. The summed E-state index contributed by atoms with van der Waals surface area (Å²) in [6, 6.07) is 6.09. The number of benzene rings is 1. The number of aromatic amines is 2. The quantitative estimate of drug-likeness (QED) is 0.490. The molecule has 4 N–H and O–H groups in total. The molecule has 1 aromatic carbocycles. The lowest BCUT2D eigenvalue weighted by molar-refractivity contribution is 1.05. The molecule has 0 aliphatic carbocycles. The van der Waals surface area contributed by atoms with E-state index in [-0.39, 0.29) is 5.95 Å². The molecular weight excluding hydrogens is 286 g/mol. The molecular formula is C13H11N7S. The third-order valence-electron chi connectivity index (χ3n) is 3.08. The third kappa shape index (κ3) is 2.09. The first kappa shape index (κ1) is 12.2. The second kappa shape index (κ2) is 4.45. The highest BCUT2D eigenvalue weighted by Crippen LogP contribution is 2.30. The van der Waals surface area contributed by atoms with Gasteiger partial charge in [-0.05, 0) is 36.4 Å². The van der Waals surface area contributed by atoms with E-state index in [1.165, 1.54) is 17.3 Å². The summed E-state index contributed by atoms with van der Waals surface area (Å²) in [5.74, 6) is 0.198. The molecule has 0 amide bonds. The maximum absolute atomic E-state index is 5.71. The van der Waals surface area contributed by atoms with Gasteiger partial charge in [0.25, 0.3) is 0 Å². The van der Waals surface area contributed by atoms with Crippen LogP contribution in [0.4, 0.5) is 5.95 Å². The molecule has 0 radical (unpaired) electrons. The zero-order chi connectivity index (χ0) is 14.4. The van der Waals surface area contributed by atoms with E-state index in [4.69, 9.17) is 5.73 Å². The second-order valence-corrected chi connectivity index (χ2v) is 5.63. The first-order chi connectivity index (χ1) is 10.2. The maximum Gasteiger partial charge on any atom is 0.223 e. The van der Waals surface area contributed by atoms with Crippen LogP contribution in [0.3, 0.4) is 0 Å². The van der Waals surface area contributed by atoms with Gasteiger partial charge in [-0.3, -0.25) is 0 Å². The van der Waals surface area contributed by atoms with Gasteiger partial charge in [0.05, 0.1) is 17.4 Å². The minimum Gasteiger partial charge on any atom is -0.368 e. The molecule has 0 fully saturated rings. The number of nitrogens with two attached hydrogens (primary N) is 1. The molecule has 21 heavy (non-hydrogen) atoms. The van der Waals surface area contributed by atoms with Gasteiger partial charge in [0.2, 0.25) is 5.95 Å². The Labute approximate surface area is 123 Å². The van der Waals surface area contributed by atoms with E-state index >= 15 is 0 Å². The number of nitrogens with one attached hydrogen (secondary N) is 2. The number of imidazole rings is 2. The average molecular weight is 297 g/mol. The first-order valence-electron chi connectivity index (χ1n) is 6.30. The molecule has 0 unspecified atom stereocenters. The summed E-state index contributed by atoms with van der Waals surface area (Å²) in [5, 5.41) is 1.45. The smallest absolute Gasteiger partial charge is 0.223 e. The molecule has 0 atom stereocenters. The fourth-order valence-corrected chi connectivity index (χ4v) is 3.02. The number of fused-ring (bicyclic) bond motifs is 2. The van der Waals surface area contributed by atoms with E-state index < -0.39 is 0 Å². The van der Waals surface area contributed by atoms with Crippen molar-refractivity contribution in [3.8, 4) is 0 Å². The number of aromatic nitrogens is 6. The monoisotopic (exact) mass is 297 g/mol. The molecule has 8 heteroatoms. The van der Waals surface area contributed by atoms with Crippen molar-refractivity contribution in [1.29, 1.82) is 0 Å². The van der Waals surface area contributed by atoms with Crippen LogP contribution in [0.5, 0.6) is 0 Å². The number of hydrogen-bond donors (Lipinski definition) is 3. The van der Waals surface area contributed by atoms with Crippen molar-refractivity contribution < 1.29 is 0 Å². The van der Waals surface area contributed by atoms with Crippen LogP contribution in [0.1, 0.15) is 5.56 Å². The zero-order valence-electron chi connectivity index (χ0n) is 11.1. The van der Waals surface area contributed by atoms with Crippen molar-refractivity contribution in [3.63, 3.8) is 0 Å². The largest absolute Gasteiger partial charge is 0.368 e. The molecule has 4 aromatic rings. The summed E-state index contributed by atoms with van der Waals surface area (Å²) in [5.41, 5.74) is 10.1. The SMILES string of the molecule is Cc1ccc2nc(Sc3nc(N)nc4nc[nH]c34)[nH]c2c1. The number of H-pyrrole nitrogens is 2. The minimum atomic E-state index is 0.198. The van der Waals surface area contributed by atoms with Crippen molar-refractivity contribution in [2.75, 3.05) is 5.73 Å². The van der Waals surface area contributed by atoms with Crippen molar-refractivity contribution in [1.82, 2.24) is 29.9 Å². The lowest BCUT2D eigenvalue weighted by Gasteiger charge is -1.99. The van der Waals surface area contributed by atoms with Gasteiger partial charge in [-0.15, -0.1) is 0 Å². The molecule has 7 nitrogen and oxygen atoms in total. The average Bonchev–Trinajstić information content (AvgIpc) is 3.03. The molecule has 0 saturated carbocycles. The molecule has 0 aliphatic heterocycles. The van der Waals surface area contributed by atoms with Gasteiger partial charge in [0, 0.05) is 0 Å². The Kier molecular flexibility index (Phi) is 2.58. The molecule has 0 spiro atoms. The van der Waals surface area contributed by atoms with Crippen molar-refractivity contribution in [2.24, 2.45) is 0 Å². The van der Waals surface area contributed by atoms with E-state index in [0.717, 1.165) is 21.7 Å². The number of hydrogen-bond acceptors (Lipinski definition) is 6. The highest BCUT2D eigenvalue weighted by atomic mass is 32.2. The van der Waals surface area contributed by atoms with Gasteiger partial charge in [-0.1, -0.05) is 6.07 Å². The first-order valence-corrected chi connectivity index (χ1v) is 7.11. The van der Waals surface area contributed by atoms with E-state index in [1.54, 1.807) is 6.33 Å². The van der Waals surface area contributed by atoms with E-state index in [1.807, 2.05) is 19.1 Å². The van der Waals surface area contributed by atoms with Crippen LogP contribution in [0.15, 0.2) is 34.7 Å². The van der Waals surface area contributed by atoms with Crippen LogP contribution < -0.4 is 5.73 Å². The van der Waals surface area contributed by atoms with Crippen LogP contribution in [-0.4, -0.2) is 29.9 Å². The number of anilines is 1. The number of rotatable bonds is 2. The predicted octanol–water partition coefficient (Wildman–Crippen LogP) is 2.27. The normalized spacial score (nSPS) is 11.5. The zero-order valence-corrected chi connectivity index (χ0v) is 11.9. The molecule has 104 valence electrons. The third-order valence-corrected chi connectivity index (χ3v) is 3.95. The second-order valence-electron chi connectivity index (χ2n) is 4.65. The summed E-state index contributed by atoms with van der Waals surface area (Å²) < 4.78 is 0. The Morgan fingerprint density at radius 1 is 1.19 bits per heavy atom. The molecule has 4 rings (SSSR count). The highest BCUT2D eigenvalue weighted by molar-refractivity contribution is 7.99. The van der Waals surface area contributed by atoms with Gasteiger partial charge >= 0.3 is 0 Å². The Hall–Kier alpha value is -2.61. The van der Waals surface area contributed by atoms with Gasteiger partial charge in [-0.2, -0.15) is 4.98 Å². The van der Waals surface area contributed by atoms with E-state index in [9.17, 15) is 0 Å². The van der Waals surface area contributed by atoms with E-state index in [2.05, 4.69) is 36.0 Å². The van der Waals surface area contributed by atoms with Crippen molar-refractivity contribution in [3.05, 3.63) is 30.1 Å². The van der Waals surface area contributed by atoms with Gasteiger partial charge in [-0.25, -0.2) is 15.0 Å². The molecule has 3 heterocycles. The van der Waals surface area contributed by atoms with Crippen LogP contribution >= 0.6 is 11.8 Å². The van der Waals surface area contributed by atoms with Crippen molar-refractivity contribution in [2.45, 2.75) is 17.1 Å².